The van der Waals surface area contributed by atoms with Crippen molar-refractivity contribution in [1.29, 1.82) is 0 Å². The molecule has 1 aromatic rings. The molecule has 5 nitrogen and oxygen atoms in total. The number of nitrogens with one attached hydrogen (secondary N) is 1. The second-order valence-electron chi connectivity index (χ2n) is 4.98. The first kappa shape index (κ1) is 16.3. The van der Waals surface area contributed by atoms with E-state index in [2.05, 4.69) is 11.6 Å². The predicted molar refractivity (Wildman–Crippen MR) is 83.3 cm³/mol. The summed E-state index contributed by atoms with van der Waals surface area (Å²) >= 11 is 1.78. The van der Waals surface area contributed by atoms with Gasteiger partial charge in [-0.25, -0.2) is 17.9 Å². The molecule has 2 N–H and O–H groups in total. The molecule has 1 saturated carbocycles. The highest BCUT2D eigenvalue weighted by atomic mass is 32.2. The number of sulfonamides is 1. The number of carboxylic acid groups (broad SMARTS) is 1. The first-order chi connectivity index (χ1) is 9.94. The van der Waals surface area contributed by atoms with Gasteiger partial charge in [-0.3, -0.25) is 0 Å². The minimum Gasteiger partial charge on any atom is -0.478 e. The Morgan fingerprint density at radius 1 is 1.33 bits per heavy atom. The summed E-state index contributed by atoms with van der Waals surface area (Å²) in [6, 6.07) is 5.25. The van der Waals surface area contributed by atoms with E-state index < -0.39 is 16.0 Å². The molecule has 0 spiro atoms. The van der Waals surface area contributed by atoms with Crippen LogP contribution in [-0.4, -0.2) is 36.5 Å². The Labute approximate surface area is 129 Å². The molecule has 116 valence electrons. The minimum atomic E-state index is -3.59. The zero-order valence-corrected chi connectivity index (χ0v) is 13.4. The van der Waals surface area contributed by atoms with E-state index in [4.69, 9.17) is 5.11 Å². The van der Waals surface area contributed by atoms with E-state index in [1.807, 2.05) is 0 Å². The van der Waals surface area contributed by atoms with E-state index in [9.17, 15) is 13.2 Å². The summed E-state index contributed by atoms with van der Waals surface area (Å²) in [5.41, 5.74) is 0.0780. The van der Waals surface area contributed by atoms with Gasteiger partial charge in [0.15, 0.2) is 0 Å². The minimum absolute atomic E-state index is 0.0425. The van der Waals surface area contributed by atoms with Crippen LogP contribution in [0.4, 0.5) is 0 Å². The molecule has 1 fully saturated rings. The molecule has 0 heterocycles. The first-order valence-electron chi connectivity index (χ1n) is 6.91. The monoisotopic (exact) mass is 329 g/mol. The quantitative estimate of drug-likeness (QED) is 0.837. The predicted octanol–water partition coefficient (Wildman–Crippen LogP) is 2.34. The van der Waals surface area contributed by atoms with Crippen LogP contribution in [0.5, 0.6) is 0 Å². The van der Waals surface area contributed by atoms with Crippen molar-refractivity contribution in [3.63, 3.8) is 0 Å². The van der Waals surface area contributed by atoms with Crippen LogP contribution in [-0.2, 0) is 10.0 Å². The summed E-state index contributed by atoms with van der Waals surface area (Å²) < 4.78 is 27.5. The average Bonchev–Trinajstić information content (AvgIpc) is 2.86. The second-order valence-corrected chi connectivity index (χ2v) is 8.21. The zero-order chi connectivity index (χ0) is 15.5. The van der Waals surface area contributed by atoms with Gasteiger partial charge in [-0.2, -0.15) is 11.8 Å². The molecule has 1 aliphatic carbocycles. The summed E-state index contributed by atoms with van der Waals surface area (Å²) in [6.45, 7) is 2.07. The average molecular weight is 329 g/mol. The lowest BCUT2D eigenvalue weighted by Gasteiger charge is -2.20. The summed E-state index contributed by atoms with van der Waals surface area (Å²) in [5.74, 6) is -0.0990. The molecule has 2 atom stereocenters. The molecule has 1 aromatic carbocycles. The van der Waals surface area contributed by atoms with E-state index >= 15 is 0 Å². The third kappa shape index (κ3) is 3.99. The Hall–Kier alpha value is -1.05. The lowest BCUT2D eigenvalue weighted by Crippen LogP contribution is -2.38. The maximum atomic E-state index is 12.4. The lowest BCUT2D eigenvalue weighted by molar-refractivity contribution is 0.0696. The van der Waals surface area contributed by atoms with Gasteiger partial charge in [0.25, 0.3) is 0 Å². The highest BCUT2D eigenvalue weighted by Crippen LogP contribution is 2.30. The van der Waals surface area contributed by atoms with Crippen molar-refractivity contribution in [2.24, 2.45) is 0 Å². The number of hydrogen-bond acceptors (Lipinski definition) is 4. The number of hydrogen-bond donors (Lipinski definition) is 2. The van der Waals surface area contributed by atoms with Gasteiger partial charge in [-0.1, -0.05) is 13.3 Å². The van der Waals surface area contributed by atoms with Gasteiger partial charge in [0.1, 0.15) is 0 Å². The third-order valence-corrected chi connectivity index (χ3v) is 6.38. The summed E-state index contributed by atoms with van der Waals surface area (Å²) in [7, 11) is -3.59. The zero-order valence-electron chi connectivity index (χ0n) is 11.8. The molecular weight excluding hydrogens is 310 g/mol. The molecule has 0 bridgehead atoms. The molecule has 2 rings (SSSR count). The smallest absolute Gasteiger partial charge is 0.335 e. The van der Waals surface area contributed by atoms with E-state index in [0.717, 1.165) is 25.0 Å². The fraction of sp³-hybridized carbons (Fsp3) is 0.500. The van der Waals surface area contributed by atoms with Gasteiger partial charge >= 0.3 is 5.97 Å². The van der Waals surface area contributed by atoms with Crippen LogP contribution in [0.15, 0.2) is 29.2 Å². The van der Waals surface area contributed by atoms with Gasteiger partial charge in [-0.05, 0) is 42.9 Å². The van der Waals surface area contributed by atoms with E-state index in [-0.39, 0.29) is 16.5 Å². The van der Waals surface area contributed by atoms with E-state index in [1.54, 1.807) is 11.8 Å². The molecule has 0 aromatic heterocycles. The normalized spacial score (nSPS) is 22.3. The molecule has 7 heteroatoms. The van der Waals surface area contributed by atoms with Crippen LogP contribution in [0, 0.1) is 0 Å². The molecular formula is C14H19NO4S2. The van der Waals surface area contributed by atoms with Gasteiger partial charge in [0.2, 0.25) is 10.0 Å². The van der Waals surface area contributed by atoms with Gasteiger partial charge in [-0.15, -0.1) is 0 Å². The topological polar surface area (TPSA) is 83.5 Å². The Morgan fingerprint density at radius 2 is 2.00 bits per heavy atom. The lowest BCUT2D eigenvalue weighted by atomic mass is 10.2. The van der Waals surface area contributed by atoms with Crippen LogP contribution in [0.2, 0.25) is 0 Å². The number of carbonyl (C=O) groups is 1. The van der Waals surface area contributed by atoms with Crippen LogP contribution in [0.3, 0.4) is 0 Å². The van der Waals surface area contributed by atoms with Gasteiger partial charge < -0.3 is 5.11 Å². The highest BCUT2D eigenvalue weighted by molar-refractivity contribution is 8.00. The first-order valence-corrected chi connectivity index (χ1v) is 9.44. The van der Waals surface area contributed by atoms with Gasteiger partial charge in [0, 0.05) is 11.3 Å². The second kappa shape index (κ2) is 6.81. The van der Waals surface area contributed by atoms with Crippen molar-refractivity contribution in [2.75, 3.05) is 5.75 Å². The summed E-state index contributed by atoms with van der Waals surface area (Å²) in [4.78, 5) is 10.9. The summed E-state index contributed by atoms with van der Waals surface area (Å²) in [5, 5.41) is 9.16. The Bertz CT molecular complexity index is 598. The highest BCUT2D eigenvalue weighted by Gasteiger charge is 2.31. The molecule has 2 unspecified atom stereocenters. The maximum Gasteiger partial charge on any atom is 0.335 e. The van der Waals surface area contributed by atoms with E-state index in [0.29, 0.717) is 5.25 Å². The molecule has 0 aliphatic heterocycles. The van der Waals surface area contributed by atoms with Crippen LogP contribution >= 0.6 is 11.8 Å². The number of aromatic carboxylic acids is 1. The fourth-order valence-electron chi connectivity index (χ4n) is 2.52. The molecule has 0 radical (unpaired) electrons. The Morgan fingerprint density at radius 3 is 2.57 bits per heavy atom. The van der Waals surface area contributed by atoms with Crippen LogP contribution in [0.1, 0.15) is 36.5 Å². The maximum absolute atomic E-state index is 12.4. The van der Waals surface area contributed by atoms with Gasteiger partial charge in [0.05, 0.1) is 10.5 Å². The number of benzene rings is 1. The standard InChI is InChI=1S/C14H19NO4S2/c1-2-20-13-5-3-4-12(13)15-21(18,19)11-8-6-10(7-9-11)14(16)17/h6-9,12-13,15H,2-5H2,1H3,(H,16,17). The van der Waals surface area contributed by atoms with Crippen LogP contribution in [0.25, 0.3) is 0 Å². The number of carboxylic acids is 1. The van der Waals surface area contributed by atoms with Crippen molar-refractivity contribution < 1.29 is 18.3 Å². The number of rotatable bonds is 6. The van der Waals surface area contributed by atoms with Crippen molar-refractivity contribution >= 4 is 27.8 Å². The van der Waals surface area contributed by atoms with Crippen LogP contribution < -0.4 is 4.72 Å². The van der Waals surface area contributed by atoms with Crippen molar-refractivity contribution in [2.45, 2.75) is 42.4 Å². The summed E-state index contributed by atoms with van der Waals surface area (Å²) in [6.07, 6.45) is 2.91. The Kier molecular flexibility index (Phi) is 5.29. The number of thioether (sulfide) groups is 1. The SMILES string of the molecule is CCSC1CCCC1NS(=O)(=O)c1ccc(C(=O)O)cc1. The Balaban J connectivity index is 2.12. The molecule has 21 heavy (non-hydrogen) atoms. The molecule has 0 saturated heterocycles. The fourth-order valence-corrected chi connectivity index (χ4v) is 5.11. The van der Waals surface area contributed by atoms with Crippen molar-refractivity contribution in [3.8, 4) is 0 Å². The van der Waals surface area contributed by atoms with Crippen molar-refractivity contribution in [3.05, 3.63) is 29.8 Å². The molecule has 0 amide bonds. The largest absolute Gasteiger partial charge is 0.478 e. The third-order valence-electron chi connectivity index (χ3n) is 3.55. The molecule has 1 aliphatic rings. The van der Waals surface area contributed by atoms with Crippen molar-refractivity contribution in [1.82, 2.24) is 4.72 Å². The van der Waals surface area contributed by atoms with E-state index in [1.165, 1.54) is 24.3 Å².